The summed E-state index contributed by atoms with van der Waals surface area (Å²) in [6.07, 6.45) is 0. The van der Waals surface area contributed by atoms with E-state index in [0.717, 1.165) is 0 Å². The van der Waals surface area contributed by atoms with E-state index in [0.29, 0.717) is 23.7 Å². The Bertz CT molecular complexity index is 619. The van der Waals surface area contributed by atoms with Crippen LogP contribution >= 0.6 is 0 Å². The third-order valence-corrected chi connectivity index (χ3v) is 6.86. The smallest absolute Gasteiger partial charge is 0.240 e. The summed E-state index contributed by atoms with van der Waals surface area (Å²) >= 11 is 0. The molecule has 1 fully saturated rings. The normalized spacial score (nSPS) is 20.9. The quantitative estimate of drug-likeness (QED) is 0.839. The zero-order valence-electron chi connectivity index (χ0n) is 12.8. The summed E-state index contributed by atoms with van der Waals surface area (Å²) in [4.78, 5) is 0.272. The molecule has 4 nitrogen and oxygen atoms in total. The third-order valence-electron chi connectivity index (χ3n) is 5.30. The summed E-state index contributed by atoms with van der Waals surface area (Å²) in [7, 11) is -3.50. The number of nitrogens with one attached hydrogen (secondary N) is 1. The van der Waals surface area contributed by atoms with Gasteiger partial charge in [0.05, 0.1) is 4.90 Å². The predicted octanol–water partition coefficient (Wildman–Crippen LogP) is 2.54. The molecule has 0 aliphatic heterocycles. The van der Waals surface area contributed by atoms with E-state index in [1.807, 2.05) is 0 Å². The van der Waals surface area contributed by atoms with Crippen LogP contribution in [0.2, 0.25) is 0 Å². The average Bonchev–Trinajstić information content (AvgIpc) is 2.70. The van der Waals surface area contributed by atoms with Gasteiger partial charge in [0.25, 0.3) is 0 Å². The molecule has 0 spiro atoms. The Morgan fingerprint density at radius 2 is 1.75 bits per heavy atom. The van der Waals surface area contributed by atoms with Gasteiger partial charge in [0, 0.05) is 12.2 Å². The third kappa shape index (κ3) is 2.33. The number of rotatable bonds is 4. The van der Waals surface area contributed by atoms with Crippen LogP contribution < -0.4 is 10.5 Å². The summed E-state index contributed by atoms with van der Waals surface area (Å²) in [6.45, 7) is 11.0. The first-order valence-electron chi connectivity index (χ1n) is 6.86. The number of benzene rings is 1. The molecule has 1 aromatic rings. The summed E-state index contributed by atoms with van der Waals surface area (Å²) in [6, 6.07) is 4.96. The minimum absolute atomic E-state index is 0.167. The number of nitrogens with two attached hydrogens (primary N) is 1. The van der Waals surface area contributed by atoms with Gasteiger partial charge < -0.3 is 5.73 Å². The molecule has 20 heavy (non-hydrogen) atoms. The van der Waals surface area contributed by atoms with Crippen LogP contribution in [0.5, 0.6) is 0 Å². The maximum absolute atomic E-state index is 12.4. The molecule has 0 aromatic heterocycles. The molecule has 5 heteroatoms. The number of hydrogen-bond acceptors (Lipinski definition) is 3. The van der Waals surface area contributed by atoms with Crippen molar-refractivity contribution < 1.29 is 8.42 Å². The van der Waals surface area contributed by atoms with Gasteiger partial charge in [0.15, 0.2) is 0 Å². The van der Waals surface area contributed by atoms with E-state index in [9.17, 15) is 8.42 Å². The monoisotopic (exact) mass is 296 g/mol. The van der Waals surface area contributed by atoms with E-state index in [2.05, 4.69) is 32.4 Å². The van der Waals surface area contributed by atoms with E-state index in [1.54, 1.807) is 19.1 Å². The molecule has 0 unspecified atom stereocenters. The minimum atomic E-state index is -3.50. The second-order valence-corrected chi connectivity index (χ2v) is 8.61. The van der Waals surface area contributed by atoms with Crippen molar-refractivity contribution >= 4 is 15.7 Å². The lowest BCUT2D eigenvalue weighted by atomic mass is 10.0. The maximum atomic E-state index is 12.4. The highest BCUT2D eigenvalue weighted by Crippen LogP contribution is 2.67. The highest BCUT2D eigenvalue weighted by atomic mass is 32.2. The van der Waals surface area contributed by atoms with Crippen LogP contribution in [0.3, 0.4) is 0 Å². The Labute approximate surface area is 121 Å². The first-order chi connectivity index (χ1) is 9.00. The molecule has 1 aliphatic rings. The summed E-state index contributed by atoms with van der Waals surface area (Å²) in [5.74, 6) is 0.353. The maximum Gasteiger partial charge on any atom is 0.240 e. The van der Waals surface area contributed by atoms with Crippen LogP contribution in [-0.4, -0.2) is 15.0 Å². The van der Waals surface area contributed by atoms with Gasteiger partial charge in [-0.2, -0.15) is 0 Å². The molecular formula is C15H24N2O2S. The topological polar surface area (TPSA) is 72.2 Å². The van der Waals surface area contributed by atoms with Crippen molar-refractivity contribution in [3.05, 3.63) is 23.8 Å². The standard InChI is InChI=1S/C15H24N2O2S/c1-10-6-7-11(16)8-12(10)20(18,19)17-9-13-14(2,3)15(13,4)5/h6-8,13,17H,9,16H2,1-5H3. The van der Waals surface area contributed by atoms with Crippen LogP contribution in [0.25, 0.3) is 0 Å². The average molecular weight is 296 g/mol. The molecule has 3 N–H and O–H groups in total. The number of hydrogen-bond donors (Lipinski definition) is 2. The van der Waals surface area contributed by atoms with Crippen LogP contribution in [0.15, 0.2) is 23.1 Å². The number of sulfonamides is 1. The fourth-order valence-corrected chi connectivity index (χ4v) is 4.35. The van der Waals surface area contributed by atoms with E-state index < -0.39 is 10.0 Å². The van der Waals surface area contributed by atoms with Crippen molar-refractivity contribution in [2.75, 3.05) is 12.3 Å². The fourth-order valence-electron chi connectivity index (χ4n) is 3.02. The van der Waals surface area contributed by atoms with E-state index in [-0.39, 0.29) is 15.7 Å². The Kier molecular flexibility index (Phi) is 3.42. The molecule has 1 aliphatic carbocycles. The number of anilines is 1. The van der Waals surface area contributed by atoms with Gasteiger partial charge in [-0.1, -0.05) is 33.8 Å². The van der Waals surface area contributed by atoms with Crippen LogP contribution in [0, 0.1) is 23.7 Å². The van der Waals surface area contributed by atoms with Crippen molar-refractivity contribution in [2.24, 2.45) is 16.7 Å². The van der Waals surface area contributed by atoms with Gasteiger partial charge in [-0.15, -0.1) is 0 Å². The first kappa shape index (κ1) is 15.3. The second-order valence-electron chi connectivity index (χ2n) is 6.87. The molecule has 0 saturated heterocycles. The van der Waals surface area contributed by atoms with E-state index in [4.69, 9.17) is 5.73 Å². The zero-order valence-corrected chi connectivity index (χ0v) is 13.6. The molecule has 0 radical (unpaired) electrons. The van der Waals surface area contributed by atoms with Crippen molar-refractivity contribution in [3.63, 3.8) is 0 Å². The van der Waals surface area contributed by atoms with Gasteiger partial charge in [-0.3, -0.25) is 0 Å². The lowest BCUT2D eigenvalue weighted by Crippen LogP contribution is -2.28. The summed E-state index contributed by atoms with van der Waals surface area (Å²) in [5.41, 5.74) is 7.19. The summed E-state index contributed by atoms with van der Waals surface area (Å²) in [5, 5.41) is 0. The highest BCUT2D eigenvalue weighted by Gasteiger charge is 2.64. The molecular weight excluding hydrogens is 272 g/mol. The number of nitrogen functional groups attached to an aromatic ring is 1. The Morgan fingerprint density at radius 3 is 2.25 bits per heavy atom. The molecule has 0 bridgehead atoms. The second kappa shape index (κ2) is 4.46. The molecule has 0 amide bonds. The van der Waals surface area contributed by atoms with Crippen molar-refractivity contribution in [1.29, 1.82) is 0 Å². The van der Waals surface area contributed by atoms with Gasteiger partial charge in [-0.25, -0.2) is 13.1 Å². The van der Waals surface area contributed by atoms with Crippen LogP contribution in [0.4, 0.5) is 5.69 Å². The van der Waals surface area contributed by atoms with Gasteiger partial charge in [0.2, 0.25) is 10.0 Å². The largest absolute Gasteiger partial charge is 0.399 e. The van der Waals surface area contributed by atoms with E-state index in [1.165, 1.54) is 6.07 Å². The highest BCUT2D eigenvalue weighted by molar-refractivity contribution is 7.89. The van der Waals surface area contributed by atoms with Crippen LogP contribution in [-0.2, 0) is 10.0 Å². The molecule has 112 valence electrons. The lowest BCUT2D eigenvalue weighted by molar-refractivity contribution is 0.457. The molecule has 1 aromatic carbocycles. The van der Waals surface area contributed by atoms with Crippen LogP contribution in [0.1, 0.15) is 33.3 Å². The van der Waals surface area contributed by atoms with Gasteiger partial charge >= 0.3 is 0 Å². The fraction of sp³-hybridized carbons (Fsp3) is 0.600. The van der Waals surface area contributed by atoms with Crippen molar-refractivity contribution in [3.8, 4) is 0 Å². The van der Waals surface area contributed by atoms with Gasteiger partial charge in [-0.05, 0) is 41.4 Å². The Morgan fingerprint density at radius 1 is 1.20 bits per heavy atom. The Hall–Kier alpha value is -1.07. The first-order valence-corrected chi connectivity index (χ1v) is 8.34. The minimum Gasteiger partial charge on any atom is -0.399 e. The van der Waals surface area contributed by atoms with Crippen molar-refractivity contribution in [1.82, 2.24) is 4.72 Å². The molecule has 1 saturated carbocycles. The zero-order chi connectivity index (χ0) is 15.3. The SMILES string of the molecule is Cc1ccc(N)cc1S(=O)(=O)NCC1C(C)(C)C1(C)C. The summed E-state index contributed by atoms with van der Waals surface area (Å²) < 4.78 is 27.5. The molecule has 0 heterocycles. The molecule has 2 rings (SSSR count). The number of aryl methyl sites for hydroxylation is 1. The lowest BCUT2D eigenvalue weighted by Gasteiger charge is -2.10. The van der Waals surface area contributed by atoms with Crippen molar-refractivity contribution in [2.45, 2.75) is 39.5 Å². The van der Waals surface area contributed by atoms with E-state index >= 15 is 0 Å². The molecule has 0 atom stereocenters. The predicted molar refractivity (Wildman–Crippen MR) is 81.8 cm³/mol. The Balaban J connectivity index is 2.16. The van der Waals surface area contributed by atoms with Gasteiger partial charge in [0.1, 0.15) is 0 Å².